The minimum Gasteiger partial charge on any atom is -0.461 e. The van der Waals surface area contributed by atoms with Crippen molar-refractivity contribution in [3.63, 3.8) is 0 Å². The number of likely N-dealkylation sites (tertiary alicyclic amines) is 1. The van der Waals surface area contributed by atoms with Crippen molar-refractivity contribution in [2.24, 2.45) is 5.41 Å². The van der Waals surface area contributed by atoms with Crippen molar-refractivity contribution in [3.05, 3.63) is 35.4 Å². The summed E-state index contributed by atoms with van der Waals surface area (Å²) in [6.07, 6.45) is 2.61. The average Bonchev–Trinajstić information content (AvgIpc) is 2.97. The number of nitrogens with zero attached hydrogens (tertiary/aromatic N) is 2. The highest BCUT2D eigenvalue weighted by molar-refractivity contribution is 5.81. The van der Waals surface area contributed by atoms with Gasteiger partial charge < -0.3 is 14.4 Å². The average molecular weight is 386 g/mol. The van der Waals surface area contributed by atoms with Crippen LogP contribution in [0.5, 0.6) is 0 Å². The van der Waals surface area contributed by atoms with Crippen LogP contribution in [0.4, 0.5) is 0 Å². The number of morpholine rings is 1. The number of hydrogen-bond acceptors (Lipinski definition) is 5. The first kappa shape index (κ1) is 19.4. The summed E-state index contributed by atoms with van der Waals surface area (Å²) < 4.78 is 11.1. The lowest BCUT2D eigenvalue weighted by Crippen LogP contribution is -2.45. The standard InChI is InChI=1S/C22H30N2O4/c1-17-3-2-4-18(13-17)14-20(25)24-7-5-22(6-8-24)15-19(28-21(22)26)16-23-9-11-27-12-10-23/h2-4,13,19H,5-12,14-16H2,1H3. The van der Waals surface area contributed by atoms with Crippen LogP contribution in [0.1, 0.15) is 30.4 Å². The smallest absolute Gasteiger partial charge is 0.312 e. The second kappa shape index (κ2) is 8.21. The number of benzene rings is 1. The molecule has 0 saturated carbocycles. The molecule has 0 N–H and O–H groups in total. The first-order valence-electron chi connectivity index (χ1n) is 10.4. The van der Waals surface area contributed by atoms with Crippen LogP contribution >= 0.6 is 0 Å². The summed E-state index contributed by atoms with van der Waals surface area (Å²) in [7, 11) is 0. The van der Waals surface area contributed by atoms with Gasteiger partial charge in [-0.15, -0.1) is 0 Å². The number of piperidine rings is 1. The molecule has 3 saturated heterocycles. The van der Waals surface area contributed by atoms with E-state index < -0.39 is 5.41 Å². The molecule has 6 nitrogen and oxygen atoms in total. The zero-order valence-electron chi connectivity index (χ0n) is 16.7. The Labute approximate surface area is 166 Å². The predicted molar refractivity (Wildman–Crippen MR) is 105 cm³/mol. The van der Waals surface area contributed by atoms with E-state index in [2.05, 4.69) is 11.0 Å². The summed E-state index contributed by atoms with van der Waals surface area (Å²) in [4.78, 5) is 29.6. The fourth-order valence-electron chi connectivity index (χ4n) is 4.71. The maximum absolute atomic E-state index is 12.7. The molecule has 0 aromatic heterocycles. The van der Waals surface area contributed by atoms with Gasteiger partial charge in [-0.25, -0.2) is 0 Å². The number of amides is 1. The molecule has 0 bridgehead atoms. The molecule has 1 spiro atoms. The Balaban J connectivity index is 1.30. The van der Waals surface area contributed by atoms with Gasteiger partial charge in [0.15, 0.2) is 0 Å². The molecule has 1 aromatic carbocycles. The Morgan fingerprint density at radius 1 is 1.18 bits per heavy atom. The lowest BCUT2D eigenvalue weighted by atomic mass is 9.76. The fraction of sp³-hybridized carbons (Fsp3) is 0.636. The number of ether oxygens (including phenoxy) is 2. The van der Waals surface area contributed by atoms with Crippen molar-refractivity contribution in [3.8, 4) is 0 Å². The van der Waals surface area contributed by atoms with Gasteiger partial charge in [0.2, 0.25) is 5.91 Å². The highest BCUT2D eigenvalue weighted by Gasteiger charge is 2.51. The zero-order chi connectivity index (χ0) is 19.6. The maximum atomic E-state index is 12.7. The van der Waals surface area contributed by atoms with E-state index in [4.69, 9.17) is 9.47 Å². The molecular formula is C22H30N2O4. The summed E-state index contributed by atoms with van der Waals surface area (Å²) in [5, 5.41) is 0. The molecule has 3 fully saturated rings. The van der Waals surface area contributed by atoms with Crippen LogP contribution in [0.15, 0.2) is 24.3 Å². The minimum absolute atomic E-state index is 0.0276. The third-order valence-electron chi connectivity index (χ3n) is 6.40. The van der Waals surface area contributed by atoms with Gasteiger partial charge in [0.1, 0.15) is 6.10 Å². The van der Waals surface area contributed by atoms with E-state index in [1.807, 2.05) is 30.0 Å². The highest BCUT2D eigenvalue weighted by Crippen LogP contribution is 2.43. The SMILES string of the molecule is Cc1cccc(CC(=O)N2CCC3(CC2)CC(CN2CCOCC2)OC3=O)c1. The molecule has 1 unspecified atom stereocenters. The van der Waals surface area contributed by atoms with Gasteiger partial charge in [0.05, 0.1) is 25.0 Å². The van der Waals surface area contributed by atoms with Gasteiger partial charge in [-0.2, -0.15) is 0 Å². The van der Waals surface area contributed by atoms with Gasteiger partial charge in [0.25, 0.3) is 0 Å². The maximum Gasteiger partial charge on any atom is 0.312 e. The third-order valence-corrected chi connectivity index (χ3v) is 6.40. The zero-order valence-corrected chi connectivity index (χ0v) is 16.7. The van der Waals surface area contributed by atoms with Crippen molar-refractivity contribution in [1.29, 1.82) is 0 Å². The first-order valence-corrected chi connectivity index (χ1v) is 10.4. The lowest BCUT2D eigenvalue weighted by Gasteiger charge is -2.36. The van der Waals surface area contributed by atoms with Gasteiger partial charge in [-0.1, -0.05) is 29.8 Å². The molecule has 4 rings (SSSR count). The number of aryl methyl sites for hydroxylation is 1. The molecule has 3 heterocycles. The number of rotatable bonds is 4. The van der Waals surface area contributed by atoms with Crippen LogP contribution in [-0.2, 0) is 25.5 Å². The van der Waals surface area contributed by atoms with Crippen LogP contribution in [0.25, 0.3) is 0 Å². The van der Waals surface area contributed by atoms with Crippen LogP contribution in [0.2, 0.25) is 0 Å². The van der Waals surface area contributed by atoms with Gasteiger partial charge >= 0.3 is 5.97 Å². The van der Waals surface area contributed by atoms with E-state index in [-0.39, 0.29) is 18.0 Å². The lowest BCUT2D eigenvalue weighted by molar-refractivity contribution is -0.153. The van der Waals surface area contributed by atoms with E-state index in [1.165, 1.54) is 5.56 Å². The molecule has 0 aliphatic carbocycles. The topological polar surface area (TPSA) is 59.1 Å². The number of carbonyl (C=O) groups excluding carboxylic acids is 2. The van der Waals surface area contributed by atoms with Crippen molar-refractivity contribution in [1.82, 2.24) is 9.80 Å². The van der Waals surface area contributed by atoms with Crippen molar-refractivity contribution < 1.29 is 19.1 Å². The van der Waals surface area contributed by atoms with E-state index >= 15 is 0 Å². The van der Waals surface area contributed by atoms with Crippen molar-refractivity contribution in [2.75, 3.05) is 45.9 Å². The highest BCUT2D eigenvalue weighted by atomic mass is 16.6. The van der Waals surface area contributed by atoms with Crippen molar-refractivity contribution in [2.45, 2.75) is 38.7 Å². The largest absolute Gasteiger partial charge is 0.461 e. The Morgan fingerprint density at radius 3 is 2.64 bits per heavy atom. The summed E-state index contributed by atoms with van der Waals surface area (Å²) in [6, 6.07) is 8.10. The second-order valence-corrected chi connectivity index (χ2v) is 8.47. The molecule has 152 valence electrons. The van der Waals surface area contributed by atoms with Gasteiger partial charge in [0, 0.05) is 39.1 Å². The van der Waals surface area contributed by atoms with Crippen LogP contribution < -0.4 is 0 Å². The third kappa shape index (κ3) is 4.23. The molecule has 1 amide bonds. The number of esters is 1. The van der Waals surface area contributed by atoms with Gasteiger partial charge in [-0.3, -0.25) is 14.5 Å². The Kier molecular flexibility index (Phi) is 5.69. The first-order chi connectivity index (χ1) is 13.5. The summed E-state index contributed by atoms with van der Waals surface area (Å²) in [5.41, 5.74) is 1.83. The van der Waals surface area contributed by atoms with E-state index in [0.29, 0.717) is 32.4 Å². The Bertz CT molecular complexity index is 721. The van der Waals surface area contributed by atoms with E-state index in [9.17, 15) is 9.59 Å². The molecule has 3 aliphatic rings. The van der Waals surface area contributed by atoms with Crippen LogP contribution in [0, 0.1) is 12.3 Å². The molecule has 6 heteroatoms. The molecule has 1 aromatic rings. The van der Waals surface area contributed by atoms with Gasteiger partial charge in [-0.05, 0) is 25.3 Å². The fourth-order valence-corrected chi connectivity index (χ4v) is 4.71. The van der Waals surface area contributed by atoms with E-state index in [0.717, 1.165) is 44.8 Å². The Morgan fingerprint density at radius 2 is 1.93 bits per heavy atom. The normalized spacial score (nSPS) is 25.1. The number of carbonyl (C=O) groups is 2. The van der Waals surface area contributed by atoms with E-state index in [1.54, 1.807) is 0 Å². The molecule has 0 radical (unpaired) electrons. The van der Waals surface area contributed by atoms with Crippen molar-refractivity contribution >= 4 is 11.9 Å². The van der Waals surface area contributed by atoms with Crippen LogP contribution in [0.3, 0.4) is 0 Å². The number of hydrogen-bond donors (Lipinski definition) is 0. The molecule has 28 heavy (non-hydrogen) atoms. The molecule has 3 aliphatic heterocycles. The monoisotopic (exact) mass is 386 g/mol. The molecular weight excluding hydrogens is 356 g/mol. The molecule has 1 atom stereocenters. The summed E-state index contributed by atoms with van der Waals surface area (Å²) >= 11 is 0. The Hall–Kier alpha value is -1.92. The summed E-state index contributed by atoms with van der Waals surface area (Å²) in [5.74, 6) is 0.0909. The summed E-state index contributed by atoms with van der Waals surface area (Å²) in [6.45, 7) is 7.44. The predicted octanol–water partition coefficient (Wildman–Crippen LogP) is 1.79. The minimum atomic E-state index is -0.392. The number of cyclic esters (lactones) is 1. The quantitative estimate of drug-likeness (QED) is 0.739. The van der Waals surface area contributed by atoms with Crippen LogP contribution in [-0.4, -0.2) is 73.7 Å². The second-order valence-electron chi connectivity index (χ2n) is 8.47.